The summed E-state index contributed by atoms with van der Waals surface area (Å²) in [5, 5.41) is 13.4. The van der Waals surface area contributed by atoms with Crippen molar-refractivity contribution in [2.45, 2.75) is 12.5 Å². The summed E-state index contributed by atoms with van der Waals surface area (Å²) in [5.41, 5.74) is 1.12. The van der Waals surface area contributed by atoms with Crippen molar-refractivity contribution in [1.82, 2.24) is 4.90 Å². The maximum atomic E-state index is 13.4. The van der Waals surface area contributed by atoms with Crippen molar-refractivity contribution in [3.05, 3.63) is 84.0 Å². The molecule has 178 valence electrons. The fourth-order valence-corrected chi connectivity index (χ4v) is 4.50. The third kappa shape index (κ3) is 5.21. The first-order chi connectivity index (χ1) is 16.6. The molecule has 2 fully saturated rings. The molecule has 1 unspecified atom stereocenters. The Morgan fingerprint density at radius 3 is 2.50 bits per heavy atom. The highest BCUT2D eigenvalue weighted by atomic mass is 16.5. The lowest BCUT2D eigenvalue weighted by Crippen LogP contribution is -3.14. The average molecular weight is 463 g/mol. The maximum Gasteiger partial charge on any atom is 0.295 e. The molecule has 7 nitrogen and oxygen atoms in total. The van der Waals surface area contributed by atoms with Crippen LogP contribution >= 0.6 is 0 Å². The Morgan fingerprint density at radius 1 is 1.12 bits per heavy atom. The minimum atomic E-state index is -0.721. The summed E-state index contributed by atoms with van der Waals surface area (Å²) in [4.78, 5) is 29.1. The summed E-state index contributed by atoms with van der Waals surface area (Å²) in [6.07, 6.45) is 2.39. The second kappa shape index (κ2) is 11.1. The van der Waals surface area contributed by atoms with Crippen LogP contribution in [0.15, 0.2) is 72.8 Å². The third-order valence-corrected chi connectivity index (χ3v) is 6.26. The molecular weight excluding hydrogens is 432 g/mol. The van der Waals surface area contributed by atoms with Crippen molar-refractivity contribution in [1.29, 1.82) is 0 Å². The largest absolute Gasteiger partial charge is 0.872 e. The predicted octanol–water partition coefficient (Wildman–Crippen LogP) is 0.781. The summed E-state index contributed by atoms with van der Waals surface area (Å²) in [5.74, 6) is -1.09. The molecule has 1 atom stereocenters. The van der Waals surface area contributed by atoms with Crippen molar-refractivity contribution >= 4 is 17.4 Å². The first-order valence-corrected chi connectivity index (χ1v) is 11.7. The second-order valence-electron chi connectivity index (χ2n) is 8.47. The number of benzene rings is 2. The number of morpholine rings is 1. The smallest absolute Gasteiger partial charge is 0.295 e. The van der Waals surface area contributed by atoms with Gasteiger partial charge in [0.2, 0.25) is 5.78 Å². The predicted molar refractivity (Wildman–Crippen MR) is 126 cm³/mol. The molecule has 2 aromatic carbocycles. The van der Waals surface area contributed by atoms with Gasteiger partial charge in [-0.15, -0.1) is 0 Å². The van der Waals surface area contributed by atoms with Crippen molar-refractivity contribution < 1.29 is 29.1 Å². The summed E-state index contributed by atoms with van der Waals surface area (Å²) in [7, 11) is 0. The fraction of sp³-hybridized carbons (Fsp3) is 0.333. The SMILES string of the molecule is C=CCOc1ccc(C2/C(=C(\[O-])c3ccccc3)C(=O)C(=O)N2CCC[NH+]2CCOCC2)cc1. The number of amides is 1. The van der Waals surface area contributed by atoms with Crippen LogP contribution in [0.1, 0.15) is 23.6 Å². The molecule has 0 spiro atoms. The van der Waals surface area contributed by atoms with Crippen LogP contribution in [-0.2, 0) is 14.3 Å². The number of rotatable bonds is 9. The van der Waals surface area contributed by atoms with Gasteiger partial charge in [0.05, 0.1) is 25.8 Å². The minimum absolute atomic E-state index is 0.00896. The number of nitrogens with zero attached hydrogens (tertiary/aromatic N) is 1. The molecule has 2 heterocycles. The zero-order valence-electron chi connectivity index (χ0n) is 19.2. The molecule has 0 aliphatic carbocycles. The Morgan fingerprint density at radius 2 is 1.82 bits per heavy atom. The van der Waals surface area contributed by atoms with Crippen LogP contribution in [0.25, 0.3) is 5.76 Å². The lowest BCUT2D eigenvalue weighted by Gasteiger charge is -2.29. The molecule has 2 saturated heterocycles. The number of ketones is 1. The lowest BCUT2D eigenvalue weighted by atomic mass is 9.95. The monoisotopic (exact) mass is 462 g/mol. The van der Waals surface area contributed by atoms with Gasteiger partial charge in [-0.05, 0) is 23.3 Å². The van der Waals surface area contributed by atoms with Crippen LogP contribution in [0.3, 0.4) is 0 Å². The lowest BCUT2D eigenvalue weighted by molar-refractivity contribution is -0.908. The van der Waals surface area contributed by atoms with Crippen LogP contribution in [0.5, 0.6) is 5.75 Å². The van der Waals surface area contributed by atoms with Crippen LogP contribution in [0, 0.1) is 0 Å². The normalized spacial score (nSPS) is 20.5. The van der Waals surface area contributed by atoms with Crippen molar-refractivity contribution in [3.8, 4) is 5.75 Å². The van der Waals surface area contributed by atoms with E-state index in [0.29, 0.717) is 30.0 Å². The molecule has 4 rings (SSSR count). The number of Topliss-reactive ketones (excluding diaryl/α,β-unsaturated/α-hetero) is 1. The van der Waals surface area contributed by atoms with Gasteiger partial charge in [0.15, 0.2) is 0 Å². The highest BCUT2D eigenvalue weighted by molar-refractivity contribution is 6.46. The highest BCUT2D eigenvalue weighted by Crippen LogP contribution is 2.39. The Hall–Kier alpha value is -3.42. The van der Waals surface area contributed by atoms with Crippen LogP contribution in [-0.4, -0.2) is 62.6 Å². The van der Waals surface area contributed by atoms with Gasteiger partial charge in [0.1, 0.15) is 25.4 Å². The first kappa shape index (κ1) is 23.7. The molecule has 1 amide bonds. The van der Waals surface area contributed by atoms with Gasteiger partial charge in [-0.3, -0.25) is 9.59 Å². The Bertz CT molecular complexity index is 1040. The topological polar surface area (TPSA) is 83.3 Å². The number of hydrogen-bond donors (Lipinski definition) is 1. The molecule has 0 aromatic heterocycles. The van der Waals surface area contributed by atoms with Gasteiger partial charge < -0.3 is 24.4 Å². The minimum Gasteiger partial charge on any atom is -0.872 e. The number of likely N-dealkylation sites (tertiary alicyclic amines) is 1. The Balaban J connectivity index is 1.64. The van der Waals surface area contributed by atoms with E-state index in [1.54, 1.807) is 47.4 Å². The molecule has 1 N–H and O–H groups in total. The van der Waals surface area contributed by atoms with E-state index in [4.69, 9.17) is 9.47 Å². The van der Waals surface area contributed by atoms with Gasteiger partial charge in [-0.2, -0.15) is 0 Å². The van der Waals surface area contributed by atoms with Crippen molar-refractivity contribution in [3.63, 3.8) is 0 Å². The van der Waals surface area contributed by atoms with Gasteiger partial charge in [0.25, 0.3) is 5.91 Å². The van der Waals surface area contributed by atoms with Crippen molar-refractivity contribution in [2.75, 3.05) is 46.0 Å². The highest BCUT2D eigenvalue weighted by Gasteiger charge is 2.44. The molecular formula is C27H30N2O5. The van der Waals surface area contributed by atoms with Gasteiger partial charge >= 0.3 is 0 Å². The maximum absolute atomic E-state index is 13.4. The second-order valence-corrected chi connectivity index (χ2v) is 8.47. The summed E-state index contributed by atoms with van der Waals surface area (Å²) in [6.45, 7) is 8.66. The van der Waals surface area contributed by atoms with E-state index in [1.807, 2.05) is 18.2 Å². The number of carbonyl (C=O) groups excluding carboxylic acids is 2. The van der Waals surface area contributed by atoms with Gasteiger partial charge in [-0.1, -0.05) is 60.9 Å². The molecule has 7 heteroatoms. The van der Waals surface area contributed by atoms with E-state index >= 15 is 0 Å². The Kier molecular flexibility index (Phi) is 7.77. The van der Waals surface area contributed by atoms with Crippen molar-refractivity contribution in [2.24, 2.45) is 0 Å². The molecule has 34 heavy (non-hydrogen) atoms. The molecule has 2 aliphatic rings. The quantitative estimate of drug-likeness (QED) is 0.258. The van der Waals surface area contributed by atoms with E-state index in [9.17, 15) is 14.7 Å². The third-order valence-electron chi connectivity index (χ3n) is 6.26. The zero-order chi connectivity index (χ0) is 23.9. The molecule has 0 saturated carbocycles. The summed E-state index contributed by atoms with van der Waals surface area (Å²) >= 11 is 0. The number of ether oxygens (including phenoxy) is 2. The van der Waals surface area contributed by atoms with E-state index in [2.05, 4.69) is 6.58 Å². The molecule has 2 aromatic rings. The standard InChI is InChI=1S/C27H30N2O5/c1-2-17-34-22-11-9-20(10-12-22)24-23(25(30)21-7-4-3-5-8-21)26(31)27(32)29(24)14-6-13-28-15-18-33-19-16-28/h2-5,7-12,24,30H,1,6,13-19H2/b25-23+. The van der Waals surface area contributed by atoms with Gasteiger partial charge in [0, 0.05) is 18.5 Å². The number of hydrogen-bond acceptors (Lipinski definition) is 5. The van der Waals surface area contributed by atoms with E-state index in [-0.39, 0.29) is 5.57 Å². The van der Waals surface area contributed by atoms with E-state index < -0.39 is 23.5 Å². The number of carbonyl (C=O) groups is 2. The van der Waals surface area contributed by atoms with E-state index in [0.717, 1.165) is 39.3 Å². The molecule has 0 radical (unpaired) electrons. The van der Waals surface area contributed by atoms with E-state index in [1.165, 1.54) is 4.90 Å². The molecule has 0 bridgehead atoms. The zero-order valence-corrected chi connectivity index (χ0v) is 19.2. The molecule has 2 aliphatic heterocycles. The summed E-state index contributed by atoms with van der Waals surface area (Å²) in [6, 6.07) is 15.1. The van der Waals surface area contributed by atoms with Gasteiger partial charge in [-0.25, -0.2) is 0 Å². The van der Waals surface area contributed by atoms with Crippen LogP contribution in [0.4, 0.5) is 0 Å². The van der Waals surface area contributed by atoms with Crippen LogP contribution < -0.4 is 14.7 Å². The average Bonchev–Trinajstić information content (AvgIpc) is 3.13. The summed E-state index contributed by atoms with van der Waals surface area (Å²) < 4.78 is 11.0. The Labute approximate surface area is 199 Å². The number of nitrogens with one attached hydrogen (secondary N) is 1. The number of quaternary nitrogens is 1. The first-order valence-electron chi connectivity index (χ1n) is 11.7. The van der Waals surface area contributed by atoms with Crippen LogP contribution in [0.2, 0.25) is 0 Å². The fourth-order valence-electron chi connectivity index (χ4n) is 4.50.